The van der Waals surface area contributed by atoms with Gasteiger partial charge in [0, 0.05) is 6.20 Å². The van der Waals surface area contributed by atoms with Crippen molar-refractivity contribution in [2.75, 3.05) is 0 Å². The van der Waals surface area contributed by atoms with Crippen LogP contribution in [0.25, 0.3) is 0 Å². The fourth-order valence-corrected chi connectivity index (χ4v) is 1.24. The lowest BCUT2D eigenvalue weighted by Crippen LogP contribution is -2.40. The molecular weight excluding hydrogens is 244 g/mol. The topological polar surface area (TPSA) is 79.3 Å². The van der Waals surface area contributed by atoms with Crippen molar-refractivity contribution in [3.05, 3.63) is 41.7 Å². The maximum atomic E-state index is 11.6. The smallest absolute Gasteiger partial charge is 0.326 e. The maximum Gasteiger partial charge on any atom is 0.326 e. The molecule has 2 N–H and O–H groups in total. The molecule has 0 radical (unpaired) electrons. The standard InChI is InChI=1S/C11H11ClN2O3/c1-2-3-9(11(16)17)14-10(15)8-5-4-7(12)6-13-8/h2,4-6,9H,1,3H2,(H,14,15)(H,16,17). The van der Waals surface area contributed by atoms with Gasteiger partial charge in [0.15, 0.2) is 0 Å². The van der Waals surface area contributed by atoms with Crippen LogP contribution in [0.5, 0.6) is 0 Å². The van der Waals surface area contributed by atoms with Crippen molar-refractivity contribution in [1.29, 1.82) is 0 Å². The van der Waals surface area contributed by atoms with Crippen LogP contribution in [0.15, 0.2) is 31.0 Å². The number of aliphatic carboxylic acids is 1. The Morgan fingerprint density at radius 1 is 1.59 bits per heavy atom. The second-order valence-electron chi connectivity index (χ2n) is 3.25. The van der Waals surface area contributed by atoms with Gasteiger partial charge in [0.05, 0.1) is 5.02 Å². The summed E-state index contributed by atoms with van der Waals surface area (Å²) in [5, 5.41) is 11.6. The summed E-state index contributed by atoms with van der Waals surface area (Å²) >= 11 is 5.62. The molecule has 1 unspecified atom stereocenters. The van der Waals surface area contributed by atoms with E-state index in [4.69, 9.17) is 16.7 Å². The van der Waals surface area contributed by atoms with Gasteiger partial charge in [-0.3, -0.25) is 4.79 Å². The summed E-state index contributed by atoms with van der Waals surface area (Å²) in [6.45, 7) is 3.43. The van der Waals surface area contributed by atoms with E-state index >= 15 is 0 Å². The molecule has 1 amide bonds. The van der Waals surface area contributed by atoms with Crippen molar-refractivity contribution < 1.29 is 14.7 Å². The van der Waals surface area contributed by atoms with Gasteiger partial charge >= 0.3 is 5.97 Å². The number of carbonyl (C=O) groups is 2. The van der Waals surface area contributed by atoms with Gasteiger partial charge in [0.2, 0.25) is 0 Å². The van der Waals surface area contributed by atoms with Crippen LogP contribution in [0.2, 0.25) is 5.02 Å². The lowest BCUT2D eigenvalue weighted by Gasteiger charge is -2.11. The van der Waals surface area contributed by atoms with E-state index in [2.05, 4.69) is 16.9 Å². The zero-order valence-corrected chi connectivity index (χ0v) is 9.65. The molecule has 6 heteroatoms. The normalized spacial score (nSPS) is 11.6. The van der Waals surface area contributed by atoms with E-state index < -0.39 is 17.9 Å². The highest BCUT2D eigenvalue weighted by molar-refractivity contribution is 6.30. The van der Waals surface area contributed by atoms with E-state index in [0.29, 0.717) is 5.02 Å². The number of nitrogens with zero attached hydrogens (tertiary/aromatic N) is 1. The van der Waals surface area contributed by atoms with Crippen molar-refractivity contribution in [1.82, 2.24) is 10.3 Å². The minimum absolute atomic E-state index is 0.115. The van der Waals surface area contributed by atoms with Crippen molar-refractivity contribution in [3.63, 3.8) is 0 Å². The van der Waals surface area contributed by atoms with Gasteiger partial charge < -0.3 is 10.4 Å². The summed E-state index contributed by atoms with van der Waals surface area (Å²) in [5.74, 6) is -1.68. The number of carboxylic acid groups (broad SMARTS) is 1. The Hall–Kier alpha value is -1.88. The minimum atomic E-state index is -1.12. The van der Waals surface area contributed by atoms with E-state index in [0.717, 1.165) is 0 Å². The van der Waals surface area contributed by atoms with Crippen LogP contribution in [-0.4, -0.2) is 28.0 Å². The van der Waals surface area contributed by atoms with Crippen LogP contribution >= 0.6 is 11.6 Å². The van der Waals surface area contributed by atoms with Crippen molar-refractivity contribution in [2.24, 2.45) is 0 Å². The SMILES string of the molecule is C=CCC(NC(=O)c1ccc(Cl)cn1)C(=O)O. The highest BCUT2D eigenvalue weighted by Crippen LogP contribution is 2.06. The summed E-state index contributed by atoms with van der Waals surface area (Å²) in [6.07, 6.45) is 2.89. The van der Waals surface area contributed by atoms with Crippen LogP contribution in [0, 0.1) is 0 Å². The minimum Gasteiger partial charge on any atom is -0.480 e. The number of nitrogens with one attached hydrogen (secondary N) is 1. The molecule has 0 bridgehead atoms. The summed E-state index contributed by atoms with van der Waals surface area (Å²) in [6, 6.07) is 1.93. The third kappa shape index (κ3) is 3.88. The Balaban J connectivity index is 2.73. The monoisotopic (exact) mass is 254 g/mol. The highest BCUT2D eigenvalue weighted by atomic mass is 35.5. The summed E-state index contributed by atoms with van der Waals surface area (Å²) in [5.41, 5.74) is 0.115. The number of amides is 1. The molecular formula is C11H11ClN2O3. The fourth-order valence-electron chi connectivity index (χ4n) is 1.13. The largest absolute Gasteiger partial charge is 0.480 e. The van der Waals surface area contributed by atoms with E-state index in [1.807, 2.05) is 0 Å². The number of rotatable bonds is 5. The van der Waals surface area contributed by atoms with Crippen LogP contribution in [0.4, 0.5) is 0 Å². The molecule has 0 aromatic carbocycles. The highest BCUT2D eigenvalue weighted by Gasteiger charge is 2.19. The third-order valence-corrected chi connectivity index (χ3v) is 2.19. The third-order valence-electron chi connectivity index (χ3n) is 1.97. The number of pyridine rings is 1. The van der Waals surface area contributed by atoms with Gasteiger partial charge in [-0.05, 0) is 18.6 Å². The maximum absolute atomic E-state index is 11.6. The zero-order chi connectivity index (χ0) is 12.8. The Kier molecular flexibility index (Phi) is 4.66. The van der Waals surface area contributed by atoms with Gasteiger partial charge in [-0.2, -0.15) is 0 Å². The lowest BCUT2D eigenvalue weighted by molar-refractivity contribution is -0.139. The predicted molar refractivity (Wildman–Crippen MR) is 63.0 cm³/mol. The molecule has 0 spiro atoms. The first-order valence-electron chi connectivity index (χ1n) is 4.80. The first kappa shape index (κ1) is 13.2. The van der Waals surface area contributed by atoms with E-state index in [1.165, 1.54) is 24.4 Å². The molecule has 1 aromatic rings. The lowest BCUT2D eigenvalue weighted by atomic mass is 10.2. The molecule has 17 heavy (non-hydrogen) atoms. The number of hydrogen-bond donors (Lipinski definition) is 2. The molecule has 1 atom stereocenters. The molecule has 90 valence electrons. The first-order valence-corrected chi connectivity index (χ1v) is 5.18. The molecule has 0 aliphatic heterocycles. The second kappa shape index (κ2) is 6.00. The Bertz CT molecular complexity index is 431. The quantitative estimate of drug-likeness (QED) is 0.781. The number of carbonyl (C=O) groups excluding carboxylic acids is 1. The molecule has 0 saturated heterocycles. The van der Waals surface area contributed by atoms with E-state index in [1.54, 1.807) is 0 Å². The average Bonchev–Trinajstić information content (AvgIpc) is 2.29. The van der Waals surface area contributed by atoms with Gasteiger partial charge in [0.25, 0.3) is 5.91 Å². The van der Waals surface area contributed by atoms with Crippen LogP contribution in [-0.2, 0) is 4.79 Å². The van der Waals surface area contributed by atoms with E-state index in [9.17, 15) is 9.59 Å². The Labute approximate surface area is 103 Å². The molecule has 1 rings (SSSR count). The molecule has 0 saturated carbocycles. The first-order chi connectivity index (χ1) is 8.04. The molecule has 1 aromatic heterocycles. The zero-order valence-electron chi connectivity index (χ0n) is 8.89. The van der Waals surface area contributed by atoms with Gasteiger partial charge in [0.1, 0.15) is 11.7 Å². The average molecular weight is 255 g/mol. The van der Waals surface area contributed by atoms with Gasteiger partial charge in [-0.25, -0.2) is 9.78 Å². The van der Waals surface area contributed by atoms with Crippen LogP contribution in [0.3, 0.4) is 0 Å². The number of halogens is 1. The summed E-state index contributed by atoms with van der Waals surface area (Å²) in [7, 11) is 0. The van der Waals surface area contributed by atoms with E-state index in [-0.39, 0.29) is 12.1 Å². The Morgan fingerprint density at radius 3 is 2.76 bits per heavy atom. The van der Waals surface area contributed by atoms with Gasteiger partial charge in [-0.1, -0.05) is 17.7 Å². The van der Waals surface area contributed by atoms with Crippen LogP contribution < -0.4 is 5.32 Å². The Morgan fingerprint density at radius 2 is 2.29 bits per heavy atom. The van der Waals surface area contributed by atoms with Gasteiger partial charge in [-0.15, -0.1) is 6.58 Å². The summed E-state index contributed by atoms with van der Waals surface area (Å²) < 4.78 is 0. The van der Waals surface area contributed by atoms with Crippen molar-refractivity contribution >= 4 is 23.5 Å². The number of carboxylic acids is 1. The van der Waals surface area contributed by atoms with Crippen LogP contribution in [0.1, 0.15) is 16.9 Å². The van der Waals surface area contributed by atoms with Crippen molar-refractivity contribution in [2.45, 2.75) is 12.5 Å². The molecule has 0 aliphatic rings. The predicted octanol–water partition coefficient (Wildman–Crippen LogP) is 1.49. The molecule has 5 nitrogen and oxygen atoms in total. The molecule has 0 fully saturated rings. The molecule has 1 heterocycles. The number of hydrogen-bond acceptors (Lipinski definition) is 3. The summed E-state index contributed by atoms with van der Waals surface area (Å²) in [4.78, 5) is 26.2. The second-order valence-corrected chi connectivity index (χ2v) is 3.69. The number of aromatic nitrogens is 1. The fraction of sp³-hybridized carbons (Fsp3) is 0.182. The van der Waals surface area contributed by atoms with Crippen molar-refractivity contribution in [3.8, 4) is 0 Å². The molecule has 0 aliphatic carbocycles.